The molecule has 63 valence electrons. The minimum atomic E-state index is -0.591. The van der Waals surface area contributed by atoms with Gasteiger partial charge in [0.2, 0.25) is 0 Å². The summed E-state index contributed by atoms with van der Waals surface area (Å²) in [5.74, 6) is 0.576. The van der Waals surface area contributed by atoms with E-state index in [0.717, 1.165) is 0 Å². The van der Waals surface area contributed by atoms with E-state index < -0.39 is 6.16 Å². The Morgan fingerprint density at radius 2 is 2.18 bits per heavy atom. The average molecular weight is 157 g/mol. The molecule has 1 radical (unpaired) electrons. The van der Waals surface area contributed by atoms with E-state index in [-0.39, 0.29) is 6.61 Å². The van der Waals surface area contributed by atoms with Crippen molar-refractivity contribution in [3.8, 4) is 0 Å². The third-order valence-corrected chi connectivity index (χ3v) is 1.88. The largest absolute Gasteiger partial charge is 0.508 e. The Morgan fingerprint density at radius 3 is 2.64 bits per heavy atom. The van der Waals surface area contributed by atoms with Crippen LogP contribution in [0.4, 0.5) is 4.79 Å². The molecule has 0 aliphatic heterocycles. The van der Waals surface area contributed by atoms with Crippen LogP contribution in [0.2, 0.25) is 0 Å². The first-order valence-corrected chi connectivity index (χ1v) is 3.91. The number of carbonyl (C=O) groups excluding carboxylic acids is 1. The predicted molar refractivity (Wildman–Crippen MR) is 40.0 cm³/mol. The van der Waals surface area contributed by atoms with Gasteiger partial charge in [0.25, 0.3) is 0 Å². The Kier molecular flexibility index (Phi) is 3.20. The molecular weight excluding hydrogens is 144 g/mol. The molecule has 0 bridgehead atoms. The third kappa shape index (κ3) is 2.78. The van der Waals surface area contributed by atoms with Gasteiger partial charge < -0.3 is 9.47 Å². The zero-order chi connectivity index (χ0) is 8.10. The summed E-state index contributed by atoms with van der Waals surface area (Å²) in [4.78, 5) is 10.6. The summed E-state index contributed by atoms with van der Waals surface area (Å²) in [5, 5.41) is 0. The van der Waals surface area contributed by atoms with Gasteiger partial charge in [0.1, 0.15) is 0 Å². The maximum Gasteiger partial charge on any atom is 0.508 e. The van der Waals surface area contributed by atoms with Crippen LogP contribution >= 0.6 is 0 Å². The zero-order valence-corrected chi connectivity index (χ0v) is 6.54. The summed E-state index contributed by atoms with van der Waals surface area (Å²) in [5.41, 5.74) is 0. The first kappa shape index (κ1) is 8.37. The quantitative estimate of drug-likeness (QED) is 0.586. The number of ether oxygens (including phenoxy) is 2. The van der Waals surface area contributed by atoms with Crippen molar-refractivity contribution in [3.05, 3.63) is 6.92 Å². The molecule has 0 heterocycles. The molecule has 3 nitrogen and oxygen atoms in total. The molecule has 0 saturated heterocycles. The van der Waals surface area contributed by atoms with Gasteiger partial charge >= 0.3 is 6.16 Å². The van der Waals surface area contributed by atoms with E-state index >= 15 is 0 Å². The number of hydrogen-bond acceptors (Lipinski definition) is 3. The molecule has 1 saturated carbocycles. The van der Waals surface area contributed by atoms with Crippen LogP contribution in [0.15, 0.2) is 0 Å². The first-order valence-electron chi connectivity index (χ1n) is 3.91. The smallest absolute Gasteiger partial charge is 0.434 e. The minimum Gasteiger partial charge on any atom is -0.434 e. The highest BCUT2D eigenvalue weighted by atomic mass is 16.7. The van der Waals surface area contributed by atoms with Crippen molar-refractivity contribution in [2.24, 2.45) is 5.92 Å². The Morgan fingerprint density at radius 1 is 1.45 bits per heavy atom. The van der Waals surface area contributed by atoms with Gasteiger partial charge in [-0.05, 0) is 25.7 Å². The standard InChI is InChI=1S/C8H13O3/c1-2-10-8(9)11-6-7-4-3-5-7/h7H,1-6H2. The molecule has 0 unspecified atom stereocenters. The van der Waals surface area contributed by atoms with Gasteiger partial charge in [-0.2, -0.15) is 0 Å². The van der Waals surface area contributed by atoms with Crippen molar-refractivity contribution < 1.29 is 14.3 Å². The number of rotatable bonds is 3. The van der Waals surface area contributed by atoms with Gasteiger partial charge in [-0.1, -0.05) is 6.42 Å². The fourth-order valence-electron chi connectivity index (χ4n) is 0.970. The van der Waals surface area contributed by atoms with Crippen LogP contribution in [0.3, 0.4) is 0 Å². The Hall–Kier alpha value is -0.730. The zero-order valence-electron chi connectivity index (χ0n) is 6.54. The fourth-order valence-corrected chi connectivity index (χ4v) is 0.970. The average Bonchev–Trinajstić information content (AvgIpc) is 1.85. The topological polar surface area (TPSA) is 35.5 Å². The van der Waals surface area contributed by atoms with Gasteiger partial charge in [0.15, 0.2) is 0 Å². The normalized spacial score (nSPS) is 17.2. The lowest BCUT2D eigenvalue weighted by Crippen LogP contribution is -2.20. The number of hydrogen-bond donors (Lipinski definition) is 0. The van der Waals surface area contributed by atoms with Crippen LogP contribution in [0.25, 0.3) is 0 Å². The van der Waals surface area contributed by atoms with Crippen molar-refractivity contribution in [3.63, 3.8) is 0 Å². The van der Waals surface area contributed by atoms with Gasteiger partial charge in [0, 0.05) is 0 Å². The Bertz CT molecular complexity index is 129. The second-order valence-corrected chi connectivity index (χ2v) is 2.71. The lowest BCUT2D eigenvalue weighted by Gasteiger charge is -2.24. The van der Waals surface area contributed by atoms with Crippen LogP contribution in [0.1, 0.15) is 19.3 Å². The molecule has 1 rings (SSSR count). The Balaban J connectivity index is 1.96. The molecule has 0 amide bonds. The first-order chi connectivity index (χ1) is 5.33. The SMILES string of the molecule is [CH2]COC(=O)OCC1CCC1. The maximum atomic E-state index is 10.6. The van der Waals surface area contributed by atoms with Crippen molar-refractivity contribution in [1.29, 1.82) is 0 Å². The second kappa shape index (κ2) is 4.21. The molecule has 0 aromatic rings. The van der Waals surface area contributed by atoms with Crippen molar-refractivity contribution in [2.75, 3.05) is 13.2 Å². The summed E-state index contributed by atoms with van der Waals surface area (Å²) < 4.78 is 9.27. The molecule has 1 fully saturated rings. The summed E-state index contributed by atoms with van der Waals surface area (Å²) in [7, 11) is 0. The van der Waals surface area contributed by atoms with Crippen LogP contribution in [0, 0.1) is 12.8 Å². The van der Waals surface area contributed by atoms with E-state index in [1.807, 2.05) is 0 Å². The van der Waals surface area contributed by atoms with Gasteiger partial charge in [0.05, 0.1) is 13.2 Å². The van der Waals surface area contributed by atoms with E-state index in [9.17, 15) is 4.79 Å². The van der Waals surface area contributed by atoms with Crippen molar-refractivity contribution >= 4 is 6.16 Å². The summed E-state index contributed by atoms with van der Waals surface area (Å²) in [6, 6.07) is 0. The van der Waals surface area contributed by atoms with E-state index in [2.05, 4.69) is 11.7 Å². The van der Waals surface area contributed by atoms with Crippen LogP contribution < -0.4 is 0 Å². The van der Waals surface area contributed by atoms with E-state index in [4.69, 9.17) is 4.74 Å². The highest BCUT2D eigenvalue weighted by molar-refractivity contribution is 5.59. The van der Waals surface area contributed by atoms with Crippen molar-refractivity contribution in [1.82, 2.24) is 0 Å². The molecule has 0 aromatic heterocycles. The second-order valence-electron chi connectivity index (χ2n) is 2.71. The lowest BCUT2D eigenvalue weighted by atomic mass is 9.86. The highest BCUT2D eigenvalue weighted by Crippen LogP contribution is 2.26. The van der Waals surface area contributed by atoms with Crippen LogP contribution in [0.5, 0.6) is 0 Å². The third-order valence-electron chi connectivity index (χ3n) is 1.88. The molecule has 1 aliphatic rings. The molecule has 0 aromatic carbocycles. The van der Waals surface area contributed by atoms with Gasteiger partial charge in [-0.25, -0.2) is 4.79 Å². The molecule has 1 aliphatic carbocycles. The van der Waals surface area contributed by atoms with E-state index in [1.165, 1.54) is 19.3 Å². The minimum absolute atomic E-state index is 0.142. The fraction of sp³-hybridized carbons (Fsp3) is 0.750. The van der Waals surface area contributed by atoms with E-state index in [1.54, 1.807) is 0 Å². The van der Waals surface area contributed by atoms with Crippen LogP contribution in [-0.2, 0) is 9.47 Å². The summed E-state index contributed by atoms with van der Waals surface area (Å²) >= 11 is 0. The van der Waals surface area contributed by atoms with E-state index in [0.29, 0.717) is 12.5 Å². The monoisotopic (exact) mass is 157 g/mol. The van der Waals surface area contributed by atoms with Crippen LogP contribution in [-0.4, -0.2) is 19.4 Å². The van der Waals surface area contributed by atoms with Gasteiger partial charge in [-0.3, -0.25) is 0 Å². The molecule has 0 N–H and O–H groups in total. The Labute approximate surface area is 66.7 Å². The van der Waals surface area contributed by atoms with Crippen molar-refractivity contribution in [2.45, 2.75) is 19.3 Å². The molecule has 0 atom stereocenters. The van der Waals surface area contributed by atoms with Gasteiger partial charge in [-0.15, -0.1) is 0 Å². The summed E-state index contributed by atoms with van der Waals surface area (Å²) in [6.45, 7) is 4.02. The number of carbonyl (C=O) groups is 1. The molecule has 11 heavy (non-hydrogen) atoms. The highest BCUT2D eigenvalue weighted by Gasteiger charge is 2.19. The molecule has 3 heteroatoms. The molecular formula is C8H13O3. The predicted octanol–water partition coefficient (Wildman–Crippen LogP) is 1.77. The molecule has 0 spiro atoms. The summed E-state index contributed by atoms with van der Waals surface area (Å²) in [6.07, 6.45) is 3.03. The lowest BCUT2D eigenvalue weighted by molar-refractivity contribution is 0.0399. The maximum absolute atomic E-state index is 10.6.